The second-order valence-electron chi connectivity index (χ2n) is 9.03. The van der Waals surface area contributed by atoms with Crippen LogP contribution >= 0.6 is 11.3 Å². The minimum Gasteiger partial charge on any atom is -0.391 e. The van der Waals surface area contributed by atoms with Crippen LogP contribution in [0.15, 0.2) is 46.0 Å². The summed E-state index contributed by atoms with van der Waals surface area (Å²) in [6, 6.07) is 7.65. The number of rotatable bonds is 9. The maximum atomic E-state index is 13.2. The SMILES string of the molecule is CC(O)(c1ccc(N[C@H](CNS(=O)(=O)c2cccs2)CN2C3COCC2C(O)C3)cc1)C(F)(F)F. The van der Waals surface area contributed by atoms with E-state index in [1.54, 1.807) is 11.4 Å². The molecule has 1 aromatic heterocycles. The molecule has 0 aliphatic carbocycles. The predicted molar refractivity (Wildman–Crippen MR) is 125 cm³/mol. The number of sulfonamides is 1. The number of benzene rings is 1. The zero-order valence-corrected chi connectivity index (χ0v) is 20.5. The minimum atomic E-state index is -4.83. The van der Waals surface area contributed by atoms with E-state index < -0.39 is 33.9 Å². The van der Waals surface area contributed by atoms with Crippen LogP contribution in [0.4, 0.5) is 18.9 Å². The molecular weight excluding hydrogens is 507 g/mol. The lowest BCUT2D eigenvalue weighted by Crippen LogP contribution is -2.53. The summed E-state index contributed by atoms with van der Waals surface area (Å²) in [5.41, 5.74) is -2.84. The lowest BCUT2D eigenvalue weighted by Gasteiger charge is -2.37. The summed E-state index contributed by atoms with van der Waals surface area (Å²) in [4.78, 5) is 2.09. The highest BCUT2D eigenvalue weighted by molar-refractivity contribution is 7.91. The van der Waals surface area contributed by atoms with E-state index in [-0.39, 0.29) is 28.4 Å². The Morgan fingerprint density at radius 3 is 2.54 bits per heavy atom. The van der Waals surface area contributed by atoms with Crippen molar-refractivity contribution in [3.63, 3.8) is 0 Å². The maximum Gasteiger partial charge on any atom is 0.421 e. The van der Waals surface area contributed by atoms with Crippen molar-refractivity contribution in [2.45, 2.75) is 53.6 Å². The van der Waals surface area contributed by atoms with E-state index in [1.807, 2.05) is 0 Å². The highest BCUT2D eigenvalue weighted by atomic mass is 32.2. The fourth-order valence-corrected chi connectivity index (χ4v) is 6.57. The molecule has 35 heavy (non-hydrogen) atoms. The lowest BCUT2D eigenvalue weighted by atomic mass is 9.95. The van der Waals surface area contributed by atoms with Crippen LogP contribution in [0.5, 0.6) is 0 Å². The average molecular weight is 536 g/mol. The quantitative estimate of drug-likeness (QED) is 0.389. The zero-order chi connectivity index (χ0) is 25.4. The van der Waals surface area contributed by atoms with Crippen LogP contribution in [-0.2, 0) is 20.4 Å². The van der Waals surface area contributed by atoms with E-state index in [2.05, 4.69) is 14.9 Å². The molecule has 0 radical (unpaired) electrons. The summed E-state index contributed by atoms with van der Waals surface area (Å²) in [6.45, 7) is 1.91. The van der Waals surface area contributed by atoms with Gasteiger partial charge >= 0.3 is 6.18 Å². The van der Waals surface area contributed by atoms with Crippen molar-refractivity contribution in [1.29, 1.82) is 0 Å². The Hall–Kier alpha value is -1.74. The smallest absolute Gasteiger partial charge is 0.391 e. The second-order valence-corrected chi connectivity index (χ2v) is 12.0. The molecule has 8 nitrogen and oxygen atoms in total. The van der Waals surface area contributed by atoms with Gasteiger partial charge in [0.15, 0.2) is 5.60 Å². The summed E-state index contributed by atoms with van der Waals surface area (Å²) in [7, 11) is -3.73. The van der Waals surface area contributed by atoms with Gasteiger partial charge in [-0.3, -0.25) is 4.90 Å². The van der Waals surface area contributed by atoms with Crippen molar-refractivity contribution >= 4 is 27.0 Å². The molecule has 2 saturated heterocycles. The summed E-state index contributed by atoms with van der Waals surface area (Å²) in [5.74, 6) is 0. The van der Waals surface area contributed by atoms with Crippen LogP contribution in [0.25, 0.3) is 0 Å². The van der Waals surface area contributed by atoms with Crippen LogP contribution in [0, 0.1) is 0 Å². The molecule has 4 unspecified atom stereocenters. The third-order valence-corrected chi connectivity index (χ3v) is 9.35. The van der Waals surface area contributed by atoms with Gasteiger partial charge in [-0.05, 0) is 42.5 Å². The number of aliphatic hydroxyl groups is 2. The number of alkyl halides is 3. The monoisotopic (exact) mass is 535 g/mol. The molecule has 2 fully saturated rings. The standard InChI is InChI=1S/C22H28F3N3O5S2/c1-21(30,22(23,24)25)14-4-6-15(7-5-14)27-16(10-26-35(31,32)20-3-2-8-34-20)11-28-17-9-19(29)18(28)13-33-12-17/h2-8,16-19,26-27,29-30H,9-13H2,1H3/t16-,17?,18?,19?,21?/m1/s1. The molecule has 2 aliphatic rings. The molecule has 0 spiro atoms. The van der Waals surface area contributed by atoms with E-state index in [4.69, 9.17) is 4.74 Å². The Morgan fingerprint density at radius 2 is 1.94 bits per heavy atom. The molecule has 5 atom stereocenters. The van der Waals surface area contributed by atoms with Gasteiger partial charge in [0.1, 0.15) is 4.21 Å². The van der Waals surface area contributed by atoms with Gasteiger partial charge in [-0.25, -0.2) is 13.1 Å². The number of fused-ring (bicyclic) bond motifs is 2. The van der Waals surface area contributed by atoms with E-state index in [0.29, 0.717) is 38.8 Å². The first-order valence-electron chi connectivity index (χ1n) is 11.1. The van der Waals surface area contributed by atoms with Crippen LogP contribution < -0.4 is 10.0 Å². The molecule has 4 N–H and O–H groups in total. The highest BCUT2D eigenvalue weighted by Gasteiger charge is 2.51. The van der Waals surface area contributed by atoms with Crippen LogP contribution in [0.1, 0.15) is 18.9 Å². The van der Waals surface area contributed by atoms with Gasteiger partial charge < -0.3 is 20.3 Å². The first-order valence-corrected chi connectivity index (χ1v) is 13.5. The van der Waals surface area contributed by atoms with Crippen LogP contribution in [0.2, 0.25) is 0 Å². The fourth-order valence-electron chi connectivity index (χ4n) is 4.45. The second kappa shape index (κ2) is 9.96. The van der Waals surface area contributed by atoms with Gasteiger partial charge in [-0.1, -0.05) is 18.2 Å². The number of nitrogens with one attached hydrogen (secondary N) is 2. The molecule has 13 heteroatoms. The summed E-state index contributed by atoms with van der Waals surface area (Å²) < 4.78 is 73.1. The zero-order valence-electron chi connectivity index (χ0n) is 18.9. The summed E-state index contributed by atoms with van der Waals surface area (Å²) >= 11 is 1.09. The van der Waals surface area contributed by atoms with E-state index in [9.17, 15) is 31.8 Å². The van der Waals surface area contributed by atoms with Gasteiger partial charge in [0.2, 0.25) is 10.0 Å². The molecule has 1 aromatic carbocycles. The topological polar surface area (TPSA) is 111 Å². The molecule has 2 bridgehead atoms. The van der Waals surface area contributed by atoms with Crippen molar-refractivity contribution in [2.75, 3.05) is 31.6 Å². The van der Waals surface area contributed by atoms with Crippen molar-refractivity contribution in [3.05, 3.63) is 47.3 Å². The third-order valence-electron chi connectivity index (χ3n) is 6.53. The first-order chi connectivity index (χ1) is 16.4. The Balaban J connectivity index is 1.51. The number of hydrogen-bond acceptors (Lipinski definition) is 8. The van der Waals surface area contributed by atoms with Gasteiger partial charge in [-0.2, -0.15) is 13.2 Å². The van der Waals surface area contributed by atoms with Crippen molar-refractivity contribution in [3.8, 4) is 0 Å². The first kappa shape index (κ1) is 26.3. The van der Waals surface area contributed by atoms with Crippen molar-refractivity contribution < 1.29 is 36.5 Å². The Kier molecular flexibility index (Phi) is 7.49. The Morgan fingerprint density at radius 1 is 1.23 bits per heavy atom. The largest absolute Gasteiger partial charge is 0.421 e. The molecule has 2 aliphatic heterocycles. The average Bonchev–Trinajstić information content (AvgIpc) is 3.38. The summed E-state index contributed by atoms with van der Waals surface area (Å²) in [5, 5.41) is 25.1. The van der Waals surface area contributed by atoms with Crippen molar-refractivity contribution in [1.82, 2.24) is 9.62 Å². The number of nitrogens with zero attached hydrogens (tertiary/aromatic N) is 1. The van der Waals surface area contributed by atoms with E-state index in [1.165, 1.54) is 30.3 Å². The minimum absolute atomic E-state index is 0.00814. The molecule has 0 amide bonds. The number of hydrogen-bond donors (Lipinski definition) is 4. The lowest BCUT2D eigenvalue weighted by molar-refractivity contribution is -0.258. The van der Waals surface area contributed by atoms with Gasteiger partial charge in [0.25, 0.3) is 0 Å². The molecule has 0 saturated carbocycles. The predicted octanol–water partition coefficient (Wildman–Crippen LogP) is 2.11. The number of morpholine rings is 1. The van der Waals surface area contributed by atoms with E-state index in [0.717, 1.165) is 11.3 Å². The number of ether oxygens (including phenoxy) is 1. The Labute approximate surface area is 205 Å². The molecular formula is C22H28F3N3O5S2. The Bertz CT molecular complexity index is 1090. The normalized spacial score (nSPS) is 25.8. The number of thiophene rings is 1. The van der Waals surface area contributed by atoms with Crippen molar-refractivity contribution in [2.24, 2.45) is 0 Å². The molecule has 194 valence electrons. The van der Waals surface area contributed by atoms with E-state index >= 15 is 0 Å². The summed E-state index contributed by atoms with van der Waals surface area (Å²) in [6.07, 6.45) is -4.82. The van der Waals surface area contributed by atoms with Gasteiger partial charge in [-0.15, -0.1) is 11.3 Å². The molecule has 4 rings (SSSR count). The molecule has 3 heterocycles. The van der Waals surface area contributed by atoms with Gasteiger partial charge in [0.05, 0.1) is 31.4 Å². The highest BCUT2D eigenvalue weighted by Crippen LogP contribution is 2.38. The van der Waals surface area contributed by atoms with Crippen LogP contribution in [-0.4, -0.2) is 80.2 Å². The third kappa shape index (κ3) is 5.66. The van der Waals surface area contributed by atoms with Crippen LogP contribution in [0.3, 0.4) is 0 Å². The van der Waals surface area contributed by atoms with Gasteiger partial charge in [0, 0.05) is 24.8 Å². The number of halogens is 3. The maximum absolute atomic E-state index is 13.2. The molecule has 2 aromatic rings. The number of aliphatic hydroxyl groups excluding tert-OH is 1. The fraction of sp³-hybridized carbons (Fsp3) is 0.545. The number of anilines is 1.